The molecule has 0 aromatic rings. The molecule has 0 heterocycles. The van der Waals surface area contributed by atoms with E-state index in [1.165, 1.54) is 0 Å². The number of methoxy groups -OCH3 is 1. The molecule has 0 aromatic heterocycles. The van der Waals surface area contributed by atoms with E-state index in [1.54, 1.807) is 18.9 Å². The minimum Gasteiger partial charge on any atom is -0.384 e. The van der Waals surface area contributed by atoms with Crippen molar-refractivity contribution in [1.29, 1.82) is 0 Å². The number of carbonyl (C=O) groups is 2. The Hall–Kier alpha value is -0.750. The molecule has 0 spiro atoms. The van der Waals surface area contributed by atoms with Crippen LogP contribution < -0.4 is 10.6 Å². The second kappa shape index (κ2) is 10.0. The molecule has 0 aliphatic heterocycles. The van der Waals surface area contributed by atoms with Gasteiger partial charge in [-0.15, -0.1) is 0 Å². The van der Waals surface area contributed by atoms with E-state index in [-0.39, 0.29) is 23.1 Å². The first-order chi connectivity index (χ1) is 9.35. The summed E-state index contributed by atoms with van der Waals surface area (Å²) in [6, 6.07) is 0. The lowest BCUT2D eigenvalue weighted by atomic mass is 9.80. The Morgan fingerprint density at radius 1 is 1.25 bits per heavy atom. The quantitative estimate of drug-likeness (QED) is 0.597. The fourth-order valence-corrected chi connectivity index (χ4v) is 1.99. The maximum atomic E-state index is 12.0. The van der Waals surface area contributed by atoms with E-state index in [9.17, 15) is 9.59 Å². The summed E-state index contributed by atoms with van der Waals surface area (Å²) in [7, 11) is 1.63. The van der Waals surface area contributed by atoms with Crippen molar-refractivity contribution in [2.45, 2.75) is 27.2 Å². The number of carbonyl (C=O) groups excluding carboxylic acids is 2. The molecule has 2 N–H and O–H groups in total. The summed E-state index contributed by atoms with van der Waals surface area (Å²) in [6.45, 7) is 7.44. The standard InChI is InChI=1S/C14H28N2O3S/c1-11(14(2,3)10-19-4)13(18)16-7-6-12(17)15-8-9-20-5/h11H,6-10H2,1-5H3,(H,15,17)(H,16,18)/t11-/m0/s1. The molecule has 0 saturated heterocycles. The van der Waals surface area contributed by atoms with Crippen LogP contribution in [0, 0.1) is 11.3 Å². The van der Waals surface area contributed by atoms with E-state index in [0.717, 1.165) is 5.75 Å². The Labute approximate surface area is 126 Å². The molecule has 5 nitrogen and oxygen atoms in total. The van der Waals surface area contributed by atoms with Crippen LogP contribution in [-0.2, 0) is 14.3 Å². The molecule has 2 amide bonds. The average molecular weight is 304 g/mol. The highest BCUT2D eigenvalue weighted by atomic mass is 32.2. The van der Waals surface area contributed by atoms with E-state index in [2.05, 4.69) is 10.6 Å². The molecule has 0 fully saturated rings. The maximum absolute atomic E-state index is 12.0. The van der Waals surface area contributed by atoms with E-state index in [4.69, 9.17) is 4.74 Å². The van der Waals surface area contributed by atoms with Gasteiger partial charge in [0.05, 0.1) is 6.61 Å². The normalized spacial score (nSPS) is 12.8. The summed E-state index contributed by atoms with van der Waals surface area (Å²) in [5, 5.41) is 5.61. The van der Waals surface area contributed by atoms with Crippen LogP contribution in [0.3, 0.4) is 0 Å². The predicted molar refractivity (Wildman–Crippen MR) is 83.8 cm³/mol. The van der Waals surface area contributed by atoms with Gasteiger partial charge in [-0.1, -0.05) is 20.8 Å². The first-order valence-corrected chi connectivity index (χ1v) is 8.26. The minimum absolute atomic E-state index is 0.0249. The number of thioether (sulfide) groups is 1. The first-order valence-electron chi connectivity index (χ1n) is 6.87. The van der Waals surface area contributed by atoms with E-state index in [0.29, 0.717) is 26.1 Å². The zero-order valence-electron chi connectivity index (χ0n) is 13.2. The fourth-order valence-electron chi connectivity index (χ4n) is 1.69. The third-order valence-corrected chi connectivity index (χ3v) is 3.97. The highest BCUT2D eigenvalue weighted by Gasteiger charge is 2.31. The third-order valence-electron chi connectivity index (χ3n) is 3.36. The van der Waals surface area contributed by atoms with Crippen LogP contribution in [0.15, 0.2) is 0 Å². The van der Waals surface area contributed by atoms with Crippen molar-refractivity contribution in [1.82, 2.24) is 10.6 Å². The first kappa shape index (κ1) is 19.2. The molecule has 0 bridgehead atoms. The summed E-state index contributed by atoms with van der Waals surface area (Å²) in [6.07, 6.45) is 2.31. The Morgan fingerprint density at radius 3 is 2.45 bits per heavy atom. The monoisotopic (exact) mass is 304 g/mol. The Morgan fingerprint density at radius 2 is 1.90 bits per heavy atom. The zero-order chi connectivity index (χ0) is 15.6. The van der Waals surface area contributed by atoms with Crippen molar-refractivity contribution in [3.8, 4) is 0 Å². The van der Waals surface area contributed by atoms with Crippen molar-refractivity contribution in [3.63, 3.8) is 0 Å². The molecular formula is C14H28N2O3S. The topological polar surface area (TPSA) is 67.4 Å². The van der Waals surface area contributed by atoms with Crippen molar-refractivity contribution >= 4 is 23.6 Å². The Bertz CT molecular complexity index is 309. The second-order valence-electron chi connectivity index (χ2n) is 5.53. The highest BCUT2D eigenvalue weighted by molar-refractivity contribution is 7.98. The Kier molecular flexibility index (Phi) is 9.67. The molecule has 0 aliphatic rings. The number of amides is 2. The summed E-state index contributed by atoms with van der Waals surface area (Å²) in [5.41, 5.74) is -0.223. The van der Waals surface area contributed by atoms with E-state index in [1.807, 2.05) is 27.0 Å². The van der Waals surface area contributed by atoms with E-state index >= 15 is 0 Å². The van der Waals surface area contributed by atoms with Crippen LogP contribution >= 0.6 is 11.8 Å². The average Bonchev–Trinajstić information content (AvgIpc) is 2.38. The third kappa shape index (κ3) is 7.75. The van der Waals surface area contributed by atoms with Gasteiger partial charge in [-0.2, -0.15) is 11.8 Å². The van der Waals surface area contributed by atoms with Gasteiger partial charge in [0.15, 0.2) is 0 Å². The van der Waals surface area contributed by atoms with Crippen molar-refractivity contribution in [2.24, 2.45) is 11.3 Å². The number of ether oxygens (including phenoxy) is 1. The lowest BCUT2D eigenvalue weighted by Gasteiger charge is -2.29. The van der Waals surface area contributed by atoms with Gasteiger partial charge in [0, 0.05) is 38.3 Å². The number of hydrogen-bond donors (Lipinski definition) is 2. The lowest BCUT2D eigenvalue weighted by Crippen LogP contribution is -2.41. The summed E-state index contributed by atoms with van der Waals surface area (Å²) in [4.78, 5) is 23.5. The smallest absolute Gasteiger partial charge is 0.223 e. The minimum atomic E-state index is -0.223. The van der Waals surface area contributed by atoms with Crippen molar-refractivity contribution in [3.05, 3.63) is 0 Å². The molecule has 0 aliphatic carbocycles. The van der Waals surface area contributed by atoms with Crippen LogP contribution in [-0.4, -0.2) is 50.6 Å². The van der Waals surface area contributed by atoms with Crippen LogP contribution in [0.25, 0.3) is 0 Å². The Balaban J connectivity index is 3.95. The van der Waals surface area contributed by atoms with E-state index < -0.39 is 0 Å². The highest BCUT2D eigenvalue weighted by Crippen LogP contribution is 2.26. The molecule has 0 rings (SSSR count). The maximum Gasteiger partial charge on any atom is 0.223 e. The van der Waals surface area contributed by atoms with Gasteiger partial charge >= 0.3 is 0 Å². The predicted octanol–water partition coefficient (Wildman–Crippen LogP) is 1.28. The molecule has 0 radical (unpaired) electrons. The number of hydrogen-bond acceptors (Lipinski definition) is 4. The van der Waals surface area contributed by atoms with Gasteiger partial charge < -0.3 is 15.4 Å². The van der Waals surface area contributed by atoms with Gasteiger partial charge in [-0.3, -0.25) is 9.59 Å². The van der Waals surface area contributed by atoms with Crippen LogP contribution in [0.2, 0.25) is 0 Å². The largest absolute Gasteiger partial charge is 0.384 e. The SMILES string of the molecule is COCC(C)(C)[C@@H](C)C(=O)NCCC(=O)NCCSC. The second-order valence-corrected chi connectivity index (χ2v) is 6.51. The zero-order valence-corrected chi connectivity index (χ0v) is 14.1. The van der Waals surface area contributed by atoms with Crippen LogP contribution in [0.1, 0.15) is 27.2 Å². The molecule has 6 heteroatoms. The van der Waals surface area contributed by atoms with Crippen molar-refractivity contribution in [2.75, 3.05) is 38.8 Å². The number of nitrogens with one attached hydrogen (secondary N) is 2. The van der Waals surface area contributed by atoms with Gasteiger partial charge in [0.25, 0.3) is 0 Å². The molecule has 0 saturated carbocycles. The van der Waals surface area contributed by atoms with Gasteiger partial charge in [0.1, 0.15) is 0 Å². The fraction of sp³-hybridized carbons (Fsp3) is 0.857. The lowest BCUT2D eigenvalue weighted by molar-refractivity contribution is -0.129. The van der Waals surface area contributed by atoms with Crippen LogP contribution in [0.5, 0.6) is 0 Å². The molecular weight excluding hydrogens is 276 g/mol. The van der Waals surface area contributed by atoms with Crippen molar-refractivity contribution < 1.29 is 14.3 Å². The molecule has 0 unspecified atom stereocenters. The summed E-state index contributed by atoms with van der Waals surface area (Å²) < 4.78 is 5.13. The van der Waals surface area contributed by atoms with Crippen LogP contribution in [0.4, 0.5) is 0 Å². The van der Waals surface area contributed by atoms with Gasteiger partial charge in [0.2, 0.25) is 11.8 Å². The van der Waals surface area contributed by atoms with Gasteiger partial charge in [-0.05, 0) is 11.7 Å². The molecule has 20 heavy (non-hydrogen) atoms. The summed E-state index contributed by atoms with van der Waals surface area (Å²) >= 11 is 1.69. The molecule has 118 valence electrons. The molecule has 1 atom stereocenters. The van der Waals surface area contributed by atoms with Gasteiger partial charge in [-0.25, -0.2) is 0 Å². The number of rotatable bonds is 10. The summed E-state index contributed by atoms with van der Waals surface area (Å²) in [5.74, 6) is 0.675. The molecule has 0 aromatic carbocycles.